The monoisotopic (exact) mass is 462 g/mol. The van der Waals surface area contributed by atoms with E-state index in [2.05, 4.69) is 45.3 Å². The van der Waals surface area contributed by atoms with Gasteiger partial charge in [-0.05, 0) is 62.6 Å². The molecule has 0 atom stereocenters. The number of anilines is 1. The summed E-state index contributed by atoms with van der Waals surface area (Å²) >= 11 is 0. The zero-order valence-corrected chi connectivity index (χ0v) is 19.9. The number of aromatic nitrogens is 3. The second-order valence-corrected chi connectivity index (χ2v) is 10.4. The fourth-order valence-corrected chi connectivity index (χ4v) is 5.47. The van der Waals surface area contributed by atoms with E-state index in [0.717, 1.165) is 87.4 Å². The highest BCUT2D eigenvalue weighted by Crippen LogP contribution is 2.32. The first-order chi connectivity index (χ1) is 16.5. The summed E-state index contributed by atoms with van der Waals surface area (Å²) in [6.07, 6.45) is 6.91. The standard InChI is InChI=1S/C26H34N6O2/c1-30-10-12-31(13-11-30)16-17-2-9-21-22(14-17)25(34)32(19-5-7-20(33)8-6-19)24-23(21)15-27-26(29-24)28-18-3-4-18/h2,9,14-15,18-20,33H,3-8,10-13,16H2,1H3,(H,27,28,29). The Hall–Kier alpha value is -2.55. The van der Waals surface area contributed by atoms with Crippen molar-refractivity contribution < 1.29 is 5.11 Å². The SMILES string of the molecule is CN1CCN(Cc2ccc3c(c2)c(=O)n(C2CCC(O)CC2)c2nc(NC4CC4)ncc32)CC1. The van der Waals surface area contributed by atoms with E-state index >= 15 is 0 Å². The molecule has 3 aliphatic rings. The molecule has 2 aromatic heterocycles. The van der Waals surface area contributed by atoms with Crippen LogP contribution in [0.15, 0.2) is 29.2 Å². The smallest absolute Gasteiger partial charge is 0.260 e. The number of likely N-dealkylation sites (N-methyl/N-ethyl adjacent to an activating group) is 1. The lowest BCUT2D eigenvalue weighted by Crippen LogP contribution is -2.43. The van der Waals surface area contributed by atoms with Crippen LogP contribution in [-0.4, -0.2) is 74.8 Å². The van der Waals surface area contributed by atoms with Crippen molar-refractivity contribution in [3.05, 3.63) is 40.3 Å². The summed E-state index contributed by atoms with van der Waals surface area (Å²) in [4.78, 5) is 28.2. The van der Waals surface area contributed by atoms with Crippen molar-refractivity contribution in [2.45, 2.75) is 63.3 Å². The van der Waals surface area contributed by atoms with E-state index in [0.29, 0.717) is 17.6 Å². The second kappa shape index (κ2) is 8.91. The fourth-order valence-electron chi connectivity index (χ4n) is 5.47. The van der Waals surface area contributed by atoms with E-state index in [-0.39, 0.29) is 17.7 Å². The predicted octanol–water partition coefficient (Wildman–Crippen LogP) is 2.74. The summed E-state index contributed by atoms with van der Waals surface area (Å²) in [7, 11) is 2.17. The number of piperazine rings is 1. The van der Waals surface area contributed by atoms with Crippen molar-refractivity contribution in [2.75, 3.05) is 38.5 Å². The van der Waals surface area contributed by atoms with Crippen LogP contribution in [0.3, 0.4) is 0 Å². The van der Waals surface area contributed by atoms with Crippen LogP contribution in [0.4, 0.5) is 5.95 Å². The molecule has 3 aromatic rings. The van der Waals surface area contributed by atoms with Gasteiger partial charge in [-0.2, -0.15) is 4.98 Å². The van der Waals surface area contributed by atoms with Crippen molar-refractivity contribution in [3.63, 3.8) is 0 Å². The molecule has 8 nitrogen and oxygen atoms in total. The molecule has 180 valence electrons. The van der Waals surface area contributed by atoms with Crippen LogP contribution in [0.25, 0.3) is 21.8 Å². The second-order valence-electron chi connectivity index (χ2n) is 10.4. The van der Waals surface area contributed by atoms with Gasteiger partial charge in [0, 0.05) is 61.8 Å². The Morgan fingerprint density at radius 3 is 2.50 bits per heavy atom. The summed E-state index contributed by atoms with van der Waals surface area (Å²) in [6.45, 7) is 5.11. The van der Waals surface area contributed by atoms with Gasteiger partial charge >= 0.3 is 0 Å². The molecule has 0 bridgehead atoms. The first kappa shape index (κ1) is 21.9. The minimum Gasteiger partial charge on any atom is -0.393 e. The number of nitrogens with one attached hydrogen (secondary N) is 1. The van der Waals surface area contributed by atoms with Crippen molar-refractivity contribution in [1.29, 1.82) is 0 Å². The normalized spacial score (nSPS) is 24.6. The molecule has 1 aromatic carbocycles. The number of hydrogen-bond acceptors (Lipinski definition) is 7. The highest BCUT2D eigenvalue weighted by molar-refractivity contribution is 6.04. The van der Waals surface area contributed by atoms with Gasteiger partial charge in [0.1, 0.15) is 5.65 Å². The number of pyridine rings is 1. The van der Waals surface area contributed by atoms with Crippen molar-refractivity contribution in [3.8, 4) is 0 Å². The topological polar surface area (TPSA) is 86.5 Å². The third-order valence-electron chi connectivity index (χ3n) is 7.76. The molecule has 34 heavy (non-hydrogen) atoms. The number of fused-ring (bicyclic) bond motifs is 3. The van der Waals surface area contributed by atoms with Crippen LogP contribution >= 0.6 is 0 Å². The van der Waals surface area contributed by atoms with Gasteiger partial charge in [-0.25, -0.2) is 4.98 Å². The number of hydrogen-bond donors (Lipinski definition) is 2. The first-order valence-electron chi connectivity index (χ1n) is 12.7. The molecule has 2 N–H and O–H groups in total. The summed E-state index contributed by atoms with van der Waals surface area (Å²) in [5.41, 5.74) is 1.91. The number of rotatable bonds is 5. The summed E-state index contributed by atoms with van der Waals surface area (Å²) in [5, 5.41) is 16.0. The molecule has 6 rings (SSSR count). The van der Waals surface area contributed by atoms with Crippen LogP contribution < -0.4 is 10.9 Å². The quantitative estimate of drug-likeness (QED) is 0.564. The number of benzene rings is 1. The molecular formula is C26H34N6O2. The van der Waals surface area contributed by atoms with Crippen LogP contribution in [0.5, 0.6) is 0 Å². The van der Waals surface area contributed by atoms with Gasteiger partial charge in [0.2, 0.25) is 5.95 Å². The Labute approximate surface area is 199 Å². The molecule has 8 heteroatoms. The largest absolute Gasteiger partial charge is 0.393 e. The Morgan fingerprint density at radius 2 is 1.76 bits per heavy atom. The molecule has 2 aliphatic carbocycles. The van der Waals surface area contributed by atoms with Gasteiger partial charge in [0.05, 0.1) is 6.10 Å². The Kier molecular flexibility index (Phi) is 5.75. The highest BCUT2D eigenvalue weighted by atomic mass is 16.3. The van der Waals surface area contributed by atoms with Gasteiger partial charge in [-0.3, -0.25) is 14.3 Å². The fraction of sp³-hybridized carbons (Fsp3) is 0.577. The van der Waals surface area contributed by atoms with Gasteiger partial charge in [-0.1, -0.05) is 12.1 Å². The Morgan fingerprint density at radius 1 is 1.00 bits per heavy atom. The first-order valence-corrected chi connectivity index (χ1v) is 12.7. The molecule has 3 fully saturated rings. The number of nitrogens with zero attached hydrogens (tertiary/aromatic N) is 5. The maximum Gasteiger partial charge on any atom is 0.260 e. The average molecular weight is 463 g/mol. The third kappa shape index (κ3) is 4.30. The molecule has 0 unspecified atom stereocenters. The lowest BCUT2D eigenvalue weighted by Gasteiger charge is -2.32. The van der Waals surface area contributed by atoms with Gasteiger partial charge in [0.15, 0.2) is 0 Å². The van der Waals surface area contributed by atoms with Crippen LogP contribution in [0.1, 0.15) is 50.1 Å². The van der Waals surface area contributed by atoms with E-state index in [1.54, 1.807) is 0 Å². The highest BCUT2D eigenvalue weighted by Gasteiger charge is 2.27. The Balaban J connectivity index is 1.44. The molecule has 2 saturated carbocycles. The minimum atomic E-state index is -0.268. The zero-order valence-electron chi connectivity index (χ0n) is 19.9. The minimum absolute atomic E-state index is 0.0280. The maximum atomic E-state index is 14.0. The van der Waals surface area contributed by atoms with E-state index in [4.69, 9.17) is 4.98 Å². The Bertz CT molecular complexity index is 1250. The number of aliphatic hydroxyl groups excluding tert-OH is 1. The van der Waals surface area contributed by atoms with Crippen molar-refractivity contribution >= 4 is 27.8 Å². The molecule has 3 heterocycles. The van der Waals surface area contributed by atoms with Crippen LogP contribution in [-0.2, 0) is 6.54 Å². The molecule has 0 spiro atoms. The van der Waals surface area contributed by atoms with Crippen molar-refractivity contribution in [2.24, 2.45) is 0 Å². The van der Waals surface area contributed by atoms with Crippen LogP contribution in [0, 0.1) is 0 Å². The third-order valence-corrected chi connectivity index (χ3v) is 7.76. The molecule has 1 saturated heterocycles. The number of aliphatic hydroxyl groups is 1. The predicted molar refractivity (Wildman–Crippen MR) is 134 cm³/mol. The lowest BCUT2D eigenvalue weighted by atomic mass is 9.92. The van der Waals surface area contributed by atoms with Crippen molar-refractivity contribution in [1.82, 2.24) is 24.3 Å². The molecule has 0 amide bonds. The van der Waals surface area contributed by atoms with E-state index in [1.807, 2.05) is 10.8 Å². The van der Waals surface area contributed by atoms with Gasteiger partial charge in [0.25, 0.3) is 5.56 Å². The van der Waals surface area contributed by atoms with Crippen LogP contribution in [0.2, 0.25) is 0 Å². The molecule has 1 aliphatic heterocycles. The molecule has 0 radical (unpaired) electrons. The summed E-state index contributed by atoms with van der Waals surface area (Å²) in [6, 6.07) is 6.81. The van der Waals surface area contributed by atoms with E-state index in [1.165, 1.54) is 5.56 Å². The van der Waals surface area contributed by atoms with E-state index in [9.17, 15) is 9.90 Å². The molecular weight excluding hydrogens is 428 g/mol. The lowest BCUT2D eigenvalue weighted by molar-refractivity contribution is 0.111. The van der Waals surface area contributed by atoms with Gasteiger partial charge in [-0.15, -0.1) is 0 Å². The summed E-state index contributed by atoms with van der Waals surface area (Å²) < 4.78 is 1.91. The average Bonchev–Trinajstić information content (AvgIpc) is 3.66. The maximum absolute atomic E-state index is 14.0. The van der Waals surface area contributed by atoms with E-state index < -0.39 is 0 Å². The van der Waals surface area contributed by atoms with Gasteiger partial charge < -0.3 is 15.3 Å². The zero-order chi connectivity index (χ0) is 23.2. The summed E-state index contributed by atoms with van der Waals surface area (Å²) in [5.74, 6) is 0.602.